The van der Waals surface area contributed by atoms with Crippen LogP contribution in [0.15, 0.2) is 259 Å². The monoisotopic (exact) mass is 1670 g/mol. The van der Waals surface area contributed by atoms with E-state index in [1.807, 2.05) is 33.8 Å². The summed E-state index contributed by atoms with van der Waals surface area (Å²) in [6.45, 7) is 9.70. The van der Waals surface area contributed by atoms with E-state index < -0.39 is 70.6 Å². The standard InChI is InChI=1S/2C23H20F3NO4.C22H18F3NO3.C20H13ClF3NO3/c1-14(2)30-20-8-3-4-9-21(20)31-19-11-10-15(23(24,25)26)12-18(19)22(29)27-16-6-5-7-17(28)13-16;1-2-12-30-20-8-3-4-9-21(20)31-19-11-10-15(23(24,25)26)13-18(19)22(29)27-16-6-5-7-17(28)14-16;1-13-6-8-19(14(2)10-13)29-20-9-7-15(22(23,24)25)11-18(20)21(28)26-16-4-3-5-17(27)12-16;21-16-6-1-2-7-18(16)28-17-9-8-12(20(22,23)24)10-15(17)19(27)25-13-4-3-5-14(26)11-13/h3-6,8-14H,7H2,1-2H3,(H,27,29);3-6,8-11,13-14H,2,7,12H2,1H3,(H,27,29);3-4,6-12H,5H2,1-2H3,(H,26,28);1-4,6-11H,5H2,(H,25,27). The number of nitrogens with one attached hydrogen (secondary N) is 4. The lowest BCUT2D eigenvalue weighted by molar-refractivity contribution is -0.138. The third-order valence-corrected chi connectivity index (χ3v) is 16.9. The van der Waals surface area contributed by atoms with Crippen molar-refractivity contribution in [1.82, 2.24) is 21.3 Å². The molecular weight excluding hydrogens is 1600 g/mol. The first-order valence-corrected chi connectivity index (χ1v) is 36.4. The van der Waals surface area contributed by atoms with E-state index in [0.29, 0.717) is 36.0 Å². The molecular formula is C88H71ClF12N4O14. The van der Waals surface area contributed by atoms with Gasteiger partial charge in [-0.2, -0.15) is 52.7 Å². The van der Waals surface area contributed by atoms with E-state index >= 15 is 0 Å². The van der Waals surface area contributed by atoms with Crippen molar-refractivity contribution in [3.8, 4) is 57.5 Å². The van der Waals surface area contributed by atoms with Crippen LogP contribution in [0.3, 0.4) is 0 Å². The van der Waals surface area contributed by atoms with E-state index in [4.69, 9.17) is 40.0 Å². The molecule has 0 radical (unpaired) electrons. The van der Waals surface area contributed by atoms with E-state index in [9.17, 15) is 91.0 Å². The summed E-state index contributed by atoms with van der Waals surface area (Å²) in [7, 11) is 0. The van der Waals surface area contributed by atoms with E-state index in [-0.39, 0.29) is 145 Å². The Kier molecular flexibility index (Phi) is 30.0. The normalized spacial score (nSPS) is 13.7. The number of carbonyl (C=O) groups excluding carboxylic acids is 8. The fourth-order valence-corrected chi connectivity index (χ4v) is 11.2. The van der Waals surface area contributed by atoms with E-state index in [0.717, 1.165) is 78.2 Å². The SMILES string of the molecule is CC(C)Oc1ccccc1Oc1ccc(C(F)(F)F)cc1C(=O)NC1=CC(=O)CC=C1.CCCOc1ccccc1Oc1ccc(C(F)(F)F)cc1C(=O)NC1=CC(=O)CC=C1.Cc1ccc(Oc2ccc(C(F)(F)F)cc2C(=O)NC2=CC(=O)CC=C2)c(C)c1.O=C1C=C(NC(=O)c2cc(C(F)(F)F)ccc2Oc2ccccc2Cl)C=CC1. The minimum absolute atomic E-state index is 0.0193. The van der Waals surface area contributed by atoms with Gasteiger partial charge >= 0.3 is 24.7 Å². The molecule has 8 aromatic carbocycles. The number of carbonyl (C=O) groups is 8. The highest BCUT2D eigenvalue weighted by Crippen LogP contribution is 2.42. The number of benzene rings is 8. The van der Waals surface area contributed by atoms with Gasteiger partial charge < -0.3 is 49.7 Å². The van der Waals surface area contributed by atoms with Crippen LogP contribution in [0, 0.1) is 13.8 Å². The molecule has 0 aromatic heterocycles. The lowest BCUT2D eigenvalue weighted by Crippen LogP contribution is -2.24. The Balaban J connectivity index is 0.000000181. The average Bonchev–Trinajstić information content (AvgIpc) is 0.815. The number of hydrogen-bond acceptors (Lipinski definition) is 14. The first kappa shape index (κ1) is 89.4. The molecule has 31 heteroatoms. The van der Waals surface area contributed by atoms with Gasteiger partial charge in [0.15, 0.2) is 46.1 Å². The van der Waals surface area contributed by atoms with E-state index in [1.165, 1.54) is 54.7 Å². The van der Waals surface area contributed by atoms with Gasteiger partial charge in [-0.3, -0.25) is 38.4 Å². The summed E-state index contributed by atoms with van der Waals surface area (Å²) in [5.41, 5.74) is -2.71. The molecule has 8 aromatic rings. The van der Waals surface area contributed by atoms with Gasteiger partial charge in [-0.05, 0) is 179 Å². The molecule has 0 fully saturated rings. The Labute approximate surface area is 677 Å². The predicted molar refractivity (Wildman–Crippen MR) is 415 cm³/mol. The summed E-state index contributed by atoms with van der Waals surface area (Å²) < 4.78 is 192. The maximum atomic E-state index is 13.2. The number of aryl methyl sites for hydroxylation is 2. The van der Waals surface area contributed by atoms with Gasteiger partial charge in [-0.25, -0.2) is 0 Å². The quantitative estimate of drug-likeness (QED) is 0.0490. The maximum absolute atomic E-state index is 13.2. The predicted octanol–water partition coefficient (Wildman–Crippen LogP) is 21.4. The summed E-state index contributed by atoms with van der Waals surface area (Å²) in [5, 5.41) is 10.0. The third-order valence-electron chi connectivity index (χ3n) is 16.5. The van der Waals surface area contributed by atoms with Crippen LogP contribution in [-0.2, 0) is 43.9 Å². The highest BCUT2D eigenvalue weighted by molar-refractivity contribution is 6.32. The fraction of sp³-hybridized carbons (Fsp3) is 0.182. The van der Waals surface area contributed by atoms with Crippen LogP contribution >= 0.6 is 11.6 Å². The molecule has 0 aliphatic heterocycles. The van der Waals surface area contributed by atoms with Gasteiger partial charge in [0.2, 0.25) is 0 Å². The molecule has 119 heavy (non-hydrogen) atoms. The van der Waals surface area contributed by atoms with Crippen LogP contribution in [0.1, 0.15) is 128 Å². The molecule has 12 rings (SSSR count). The van der Waals surface area contributed by atoms with Gasteiger partial charge in [0.05, 0.1) is 62.2 Å². The molecule has 4 N–H and O–H groups in total. The molecule has 0 spiro atoms. The first-order chi connectivity index (χ1) is 56.3. The Bertz CT molecular complexity index is 5460. The van der Waals surface area contributed by atoms with Crippen LogP contribution in [0.4, 0.5) is 52.7 Å². The lowest BCUT2D eigenvalue weighted by atomic mass is 10.1. The van der Waals surface area contributed by atoms with Gasteiger partial charge in [-0.1, -0.05) is 96.9 Å². The molecule has 0 heterocycles. The second kappa shape index (κ2) is 39.9. The molecule has 0 saturated heterocycles. The summed E-state index contributed by atoms with van der Waals surface area (Å²) in [5.74, 6) is -2.60. The largest absolute Gasteiger partial charge is 0.490 e. The van der Waals surface area contributed by atoms with Gasteiger partial charge in [-0.15, -0.1) is 0 Å². The van der Waals surface area contributed by atoms with Crippen LogP contribution in [0.2, 0.25) is 5.02 Å². The topological polar surface area (TPSA) is 240 Å². The highest BCUT2D eigenvalue weighted by atomic mass is 35.5. The van der Waals surface area contributed by atoms with Crippen molar-refractivity contribution < 1.29 is 119 Å². The minimum Gasteiger partial charge on any atom is -0.490 e. The second-order valence-corrected chi connectivity index (χ2v) is 26.8. The Morgan fingerprint density at radius 1 is 0.370 bits per heavy atom. The fourth-order valence-electron chi connectivity index (χ4n) is 11.0. The number of alkyl halides is 12. The smallest absolute Gasteiger partial charge is 0.416 e. The number of para-hydroxylation sites is 5. The summed E-state index contributed by atoms with van der Waals surface area (Å²) in [6.07, 6.45) is 0.0165. The number of ether oxygens (including phenoxy) is 6. The number of ketones is 4. The molecule has 4 amide bonds. The van der Waals surface area contributed by atoms with Crippen LogP contribution in [0.5, 0.6) is 57.5 Å². The van der Waals surface area contributed by atoms with Crippen molar-refractivity contribution >= 4 is 58.4 Å². The van der Waals surface area contributed by atoms with E-state index in [1.54, 1.807) is 110 Å². The molecule has 0 bridgehead atoms. The van der Waals surface area contributed by atoms with Crippen molar-refractivity contribution in [2.24, 2.45) is 0 Å². The van der Waals surface area contributed by atoms with Gasteiger partial charge in [0, 0.05) is 72.8 Å². The Hall–Kier alpha value is -13.5. The zero-order valence-electron chi connectivity index (χ0n) is 63.5. The number of hydrogen-bond donors (Lipinski definition) is 4. The van der Waals surface area contributed by atoms with Gasteiger partial charge in [0.25, 0.3) is 23.6 Å². The second-order valence-electron chi connectivity index (χ2n) is 26.4. The summed E-state index contributed by atoms with van der Waals surface area (Å²) in [4.78, 5) is 96.9. The molecule has 4 aliphatic carbocycles. The lowest BCUT2D eigenvalue weighted by Gasteiger charge is -2.18. The molecule has 0 atom stereocenters. The number of amides is 4. The minimum atomic E-state index is -4.65. The molecule has 618 valence electrons. The number of rotatable bonds is 21. The van der Waals surface area contributed by atoms with Crippen molar-refractivity contribution in [2.45, 2.75) is 97.5 Å². The molecule has 0 unspecified atom stereocenters. The zero-order chi connectivity index (χ0) is 86.5. The van der Waals surface area contributed by atoms with Crippen LogP contribution < -0.4 is 49.7 Å². The maximum Gasteiger partial charge on any atom is 0.416 e. The molecule has 4 aliphatic rings. The summed E-state index contributed by atoms with van der Waals surface area (Å²) in [6, 6.07) is 35.6. The zero-order valence-corrected chi connectivity index (χ0v) is 64.2. The van der Waals surface area contributed by atoms with Crippen LogP contribution in [0.25, 0.3) is 0 Å². The van der Waals surface area contributed by atoms with Crippen LogP contribution in [-0.4, -0.2) is 59.5 Å². The third kappa shape index (κ3) is 26.2. The van der Waals surface area contributed by atoms with E-state index in [2.05, 4.69) is 21.3 Å². The van der Waals surface area contributed by atoms with Gasteiger partial charge in [0.1, 0.15) is 34.5 Å². The first-order valence-electron chi connectivity index (χ1n) is 36.0. The van der Waals surface area contributed by atoms with Crippen molar-refractivity contribution in [3.05, 3.63) is 320 Å². The number of halogens is 13. The van der Waals surface area contributed by atoms with Crippen molar-refractivity contribution in [3.63, 3.8) is 0 Å². The molecule has 0 saturated carbocycles. The highest BCUT2D eigenvalue weighted by Gasteiger charge is 2.37. The number of allylic oxidation sites excluding steroid dienone is 12. The Morgan fingerprint density at radius 2 is 0.655 bits per heavy atom. The molecule has 18 nitrogen and oxygen atoms in total. The van der Waals surface area contributed by atoms with Crippen molar-refractivity contribution in [2.75, 3.05) is 6.61 Å². The summed E-state index contributed by atoms with van der Waals surface area (Å²) >= 11 is 6.02. The average molecular weight is 1670 g/mol. The van der Waals surface area contributed by atoms with Crippen molar-refractivity contribution in [1.29, 1.82) is 0 Å². The Morgan fingerprint density at radius 3 is 0.958 bits per heavy atom.